The van der Waals surface area contributed by atoms with E-state index in [1.165, 1.54) is 0 Å². The van der Waals surface area contributed by atoms with Crippen molar-refractivity contribution in [2.75, 3.05) is 0 Å². The fraction of sp³-hybridized carbons (Fsp3) is 0.0833. The van der Waals surface area contributed by atoms with E-state index < -0.39 is 0 Å². The second-order valence-corrected chi connectivity index (χ2v) is 3.65. The van der Waals surface area contributed by atoms with Gasteiger partial charge in [-0.1, -0.05) is 24.3 Å². The number of hydrogen-bond acceptors (Lipinski definition) is 2. The van der Waals surface area contributed by atoms with Gasteiger partial charge in [0.05, 0.1) is 5.56 Å². The molecule has 1 aliphatic heterocycles. The van der Waals surface area contributed by atoms with E-state index >= 15 is 0 Å². The number of nitroso groups, excluding NO2 is 1. The van der Waals surface area contributed by atoms with E-state index in [0.29, 0.717) is 10.4 Å². The summed E-state index contributed by atoms with van der Waals surface area (Å²) in [5, 5.41) is 2.07. The standard InChI is InChI=1S/C12H8NO2/c14-12-7-10-9-4-2-1-3-8(9)5-6-11(10)13(12)15/h1-6H,7H2/q+1. The third-order valence-corrected chi connectivity index (χ3v) is 2.79. The van der Waals surface area contributed by atoms with Crippen LogP contribution in [0.15, 0.2) is 36.4 Å². The average Bonchev–Trinajstić information content (AvgIpc) is 2.56. The molecule has 72 valence electrons. The van der Waals surface area contributed by atoms with Gasteiger partial charge < -0.3 is 0 Å². The lowest BCUT2D eigenvalue weighted by atomic mass is 10.0. The summed E-state index contributed by atoms with van der Waals surface area (Å²) in [7, 11) is 0. The first-order valence-electron chi connectivity index (χ1n) is 4.78. The number of carbonyl (C=O) groups excluding carboxylic acids is 1. The summed E-state index contributed by atoms with van der Waals surface area (Å²) < 4.78 is 0.488. The molecule has 0 aliphatic carbocycles. The zero-order chi connectivity index (χ0) is 10.4. The second-order valence-electron chi connectivity index (χ2n) is 3.65. The number of hydrogen-bond donors (Lipinski definition) is 0. The van der Waals surface area contributed by atoms with Crippen molar-refractivity contribution in [2.45, 2.75) is 6.42 Å². The minimum Gasteiger partial charge on any atom is -0.214 e. The zero-order valence-corrected chi connectivity index (χ0v) is 7.93. The molecule has 2 aromatic carbocycles. The first kappa shape index (κ1) is 8.29. The summed E-state index contributed by atoms with van der Waals surface area (Å²) in [6.45, 7) is 0. The average molecular weight is 198 g/mol. The molecule has 1 aliphatic rings. The Balaban J connectivity index is 2.43. The molecule has 15 heavy (non-hydrogen) atoms. The molecule has 0 radical (unpaired) electrons. The van der Waals surface area contributed by atoms with Crippen LogP contribution in [0.4, 0.5) is 5.69 Å². The third-order valence-electron chi connectivity index (χ3n) is 2.79. The van der Waals surface area contributed by atoms with Crippen LogP contribution in [0.25, 0.3) is 10.8 Å². The molecule has 2 aromatic rings. The Morgan fingerprint density at radius 2 is 1.87 bits per heavy atom. The van der Waals surface area contributed by atoms with Crippen molar-refractivity contribution in [2.24, 2.45) is 0 Å². The van der Waals surface area contributed by atoms with Gasteiger partial charge >= 0.3 is 5.91 Å². The van der Waals surface area contributed by atoms with Crippen LogP contribution < -0.4 is 0 Å². The van der Waals surface area contributed by atoms with Gasteiger partial charge in [0, 0.05) is 11.0 Å². The van der Waals surface area contributed by atoms with Crippen LogP contribution in [-0.4, -0.2) is 10.7 Å². The zero-order valence-electron chi connectivity index (χ0n) is 7.93. The first-order valence-corrected chi connectivity index (χ1v) is 4.78. The molecule has 0 bridgehead atoms. The summed E-state index contributed by atoms with van der Waals surface area (Å²) in [5.41, 5.74) is 1.35. The molecule has 0 saturated carbocycles. The van der Waals surface area contributed by atoms with Gasteiger partial charge in [-0.2, -0.15) is 0 Å². The Labute approximate surface area is 85.9 Å². The van der Waals surface area contributed by atoms with E-state index in [9.17, 15) is 9.70 Å². The topological polar surface area (TPSA) is 37.1 Å². The number of nitrogens with zero attached hydrogens (tertiary/aromatic N) is 1. The molecule has 0 unspecified atom stereocenters. The lowest BCUT2D eigenvalue weighted by Crippen LogP contribution is -2.05. The highest BCUT2D eigenvalue weighted by molar-refractivity contribution is 5.95. The summed E-state index contributed by atoms with van der Waals surface area (Å²) in [6.07, 6.45) is 0.222. The molecule has 3 nitrogen and oxygen atoms in total. The molecule has 0 aromatic heterocycles. The van der Waals surface area contributed by atoms with Gasteiger partial charge in [0.15, 0.2) is 0 Å². The SMILES string of the molecule is O=C1Cc2c(ccc3ccccc23)[N+]1=O. The van der Waals surface area contributed by atoms with Gasteiger partial charge in [0.2, 0.25) is 0 Å². The van der Waals surface area contributed by atoms with Gasteiger partial charge in [0.25, 0.3) is 5.69 Å². The first-order chi connectivity index (χ1) is 7.27. The van der Waals surface area contributed by atoms with Gasteiger partial charge in [-0.25, -0.2) is 4.79 Å². The van der Waals surface area contributed by atoms with Crippen molar-refractivity contribution in [1.82, 2.24) is 0 Å². The Kier molecular flexibility index (Phi) is 1.51. The fourth-order valence-electron chi connectivity index (χ4n) is 2.06. The maximum absolute atomic E-state index is 11.4. The van der Waals surface area contributed by atoms with E-state index in [4.69, 9.17) is 0 Å². The molecular formula is C12H8NO2+. The minimum absolute atomic E-state index is 0.222. The van der Waals surface area contributed by atoms with Crippen molar-refractivity contribution in [3.05, 3.63) is 46.9 Å². The highest BCUT2D eigenvalue weighted by Gasteiger charge is 2.38. The number of fused-ring (bicyclic) bond motifs is 3. The normalized spacial score (nSPS) is 14.7. The lowest BCUT2D eigenvalue weighted by molar-refractivity contribution is -0.379. The number of benzene rings is 2. The smallest absolute Gasteiger partial charge is 0.214 e. The highest BCUT2D eigenvalue weighted by atomic mass is 16.3. The van der Waals surface area contributed by atoms with Crippen LogP contribution in [0.5, 0.6) is 0 Å². The molecule has 0 fully saturated rings. The van der Waals surface area contributed by atoms with Crippen molar-refractivity contribution in [3.8, 4) is 0 Å². The number of amides is 1. The lowest BCUT2D eigenvalue weighted by Gasteiger charge is -1.97. The summed E-state index contributed by atoms with van der Waals surface area (Å²) in [5.74, 6) is -0.374. The fourth-order valence-corrected chi connectivity index (χ4v) is 2.06. The van der Waals surface area contributed by atoms with Gasteiger partial charge in [-0.3, -0.25) is 0 Å². The Hall–Kier alpha value is -2.03. The molecule has 3 heteroatoms. The molecule has 0 atom stereocenters. The van der Waals surface area contributed by atoms with Crippen molar-refractivity contribution >= 4 is 22.4 Å². The van der Waals surface area contributed by atoms with Crippen LogP contribution in [0.2, 0.25) is 0 Å². The van der Waals surface area contributed by atoms with E-state index in [1.807, 2.05) is 30.3 Å². The van der Waals surface area contributed by atoms with E-state index in [2.05, 4.69) is 0 Å². The predicted molar refractivity (Wildman–Crippen MR) is 55.9 cm³/mol. The van der Waals surface area contributed by atoms with Gasteiger partial charge in [-0.05, 0) is 16.8 Å². The summed E-state index contributed by atoms with van der Waals surface area (Å²) in [6, 6.07) is 11.4. The minimum atomic E-state index is -0.374. The Morgan fingerprint density at radius 3 is 2.73 bits per heavy atom. The Bertz CT molecular complexity index is 602. The van der Waals surface area contributed by atoms with Crippen LogP contribution >= 0.6 is 0 Å². The highest BCUT2D eigenvalue weighted by Crippen LogP contribution is 2.33. The maximum Gasteiger partial charge on any atom is 0.444 e. The second kappa shape index (κ2) is 2.73. The van der Waals surface area contributed by atoms with Crippen molar-refractivity contribution in [3.63, 3.8) is 0 Å². The van der Waals surface area contributed by atoms with Gasteiger partial charge in [-0.15, -0.1) is 0 Å². The molecule has 1 heterocycles. The van der Waals surface area contributed by atoms with Crippen LogP contribution in [-0.2, 0) is 11.2 Å². The molecule has 3 rings (SSSR count). The van der Waals surface area contributed by atoms with Crippen molar-refractivity contribution in [1.29, 1.82) is 0 Å². The van der Waals surface area contributed by atoms with E-state index in [0.717, 1.165) is 16.3 Å². The van der Waals surface area contributed by atoms with Crippen molar-refractivity contribution < 1.29 is 9.55 Å². The summed E-state index contributed by atoms with van der Waals surface area (Å²) in [4.78, 5) is 22.7. The largest absolute Gasteiger partial charge is 0.444 e. The van der Waals surface area contributed by atoms with Crippen LogP contribution in [0.1, 0.15) is 5.56 Å². The van der Waals surface area contributed by atoms with Crippen LogP contribution in [0, 0.1) is 4.91 Å². The van der Waals surface area contributed by atoms with E-state index in [-0.39, 0.29) is 12.3 Å². The predicted octanol–water partition coefficient (Wildman–Crippen LogP) is 2.33. The third kappa shape index (κ3) is 1.03. The Morgan fingerprint density at radius 1 is 1.07 bits per heavy atom. The number of carbonyl (C=O) groups is 1. The quantitative estimate of drug-likeness (QED) is 0.609. The monoisotopic (exact) mass is 198 g/mol. The molecule has 0 N–H and O–H groups in total. The molecule has 1 amide bonds. The van der Waals surface area contributed by atoms with E-state index in [1.54, 1.807) is 6.07 Å². The molecular weight excluding hydrogens is 190 g/mol. The molecule has 0 saturated heterocycles. The number of rotatable bonds is 0. The maximum atomic E-state index is 11.4. The summed E-state index contributed by atoms with van der Waals surface area (Å²) >= 11 is 0. The molecule has 0 spiro atoms. The van der Waals surface area contributed by atoms with Gasteiger partial charge in [0.1, 0.15) is 11.2 Å². The van der Waals surface area contributed by atoms with Crippen LogP contribution in [0.3, 0.4) is 0 Å².